The minimum Gasteiger partial charge on any atom is -0.341 e. The van der Waals surface area contributed by atoms with Crippen molar-refractivity contribution in [3.8, 4) is 0 Å². The molecule has 0 aliphatic carbocycles. The fourth-order valence-corrected chi connectivity index (χ4v) is 4.18. The van der Waals surface area contributed by atoms with Crippen molar-refractivity contribution in [2.45, 2.75) is 30.7 Å². The molecule has 0 bridgehead atoms. The van der Waals surface area contributed by atoms with Gasteiger partial charge in [-0.1, -0.05) is 41.6 Å². The number of rotatable bonds is 5. The minimum absolute atomic E-state index is 0.0830. The molecule has 0 aliphatic rings. The minimum atomic E-state index is -0.317. The van der Waals surface area contributed by atoms with E-state index in [1.165, 1.54) is 28.2 Å². The van der Waals surface area contributed by atoms with Crippen molar-refractivity contribution in [2.24, 2.45) is 0 Å². The molecule has 5 nitrogen and oxygen atoms in total. The van der Waals surface area contributed by atoms with Gasteiger partial charge in [0.25, 0.3) is 0 Å². The number of fused-ring (bicyclic) bond motifs is 3. The van der Waals surface area contributed by atoms with Gasteiger partial charge in [-0.05, 0) is 50.2 Å². The zero-order chi connectivity index (χ0) is 19.7. The van der Waals surface area contributed by atoms with Crippen LogP contribution in [0, 0.1) is 0 Å². The van der Waals surface area contributed by atoms with Crippen molar-refractivity contribution in [1.82, 2.24) is 14.8 Å². The third-order valence-corrected chi connectivity index (χ3v) is 5.86. The van der Waals surface area contributed by atoms with Gasteiger partial charge in [-0.3, -0.25) is 4.79 Å². The molecule has 0 fully saturated rings. The van der Waals surface area contributed by atoms with Gasteiger partial charge in [-0.25, -0.2) is 0 Å². The first-order chi connectivity index (χ1) is 13.6. The van der Waals surface area contributed by atoms with Crippen molar-refractivity contribution in [2.75, 3.05) is 5.32 Å². The van der Waals surface area contributed by atoms with Gasteiger partial charge < -0.3 is 9.88 Å². The van der Waals surface area contributed by atoms with Gasteiger partial charge >= 0.3 is 0 Å². The molecule has 0 saturated heterocycles. The predicted octanol–water partition coefficient (Wildman–Crippen LogP) is 5.38. The number of nitrogens with zero attached hydrogens (tertiary/aromatic N) is 3. The maximum atomic E-state index is 12.6. The van der Waals surface area contributed by atoms with Crippen LogP contribution in [0.25, 0.3) is 21.8 Å². The summed E-state index contributed by atoms with van der Waals surface area (Å²) in [5.74, 6) is -0.0830. The molecule has 7 heteroatoms. The number of benzene rings is 2. The second-order valence-electron chi connectivity index (χ2n) is 6.44. The predicted molar refractivity (Wildman–Crippen MR) is 116 cm³/mol. The molecule has 142 valence electrons. The van der Waals surface area contributed by atoms with Crippen LogP contribution in [0.3, 0.4) is 0 Å². The van der Waals surface area contributed by atoms with E-state index in [-0.39, 0.29) is 11.2 Å². The summed E-state index contributed by atoms with van der Waals surface area (Å²) in [5, 5.41) is 13.8. The highest BCUT2D eigenvalue weighted by molar-refractivity contribution is 8.00. The second kappa shape index (κ2) is 7.81. The Morgan fingerprint density at radius 2 is 1.89 bits per heavy atom. The third kappa shape index (κ3) is 3.57. The van der Waals surface area contributed by atoms with E-state index in [1.807, 2.05) is 25.1 Å². The number of hydrogen-bond donors (Lipinski definition) is 1. The molecule has 0 aliphatic heterocycles. The Bertz CT molecular complexity index is 1160. The van der Waals surface area contributed by atoms with Crippen LogP contribution in [0.15, 0.2) is 59.6 Å². The van der Waals surface area contributed by atoms with Gasteiger partial charge in [0.1, 0.15) is 5.03 Å². The molecule has 0 radical (unpaired) electrons. The Labute approximate surface area is 172 Å². The quantitative estimate of drug-likeness (QED) is 0.449. The fraction of sp³-hybridized carbons (Fsp3) is 0.190. The van der Waals surface area contributed by atoms with Crippen LogP contribution < -0.4 is 5.32 Å². The molecule has 28 heavy (non-hydrogen) atoms. The summed E-state index contributed by atoms with van der Waals surface area (Å²) in [6.07, 6.45) is 0. The zero-order valence-corrected chi connectivity index (χ0v) is 17.1. The van der Waals surface area contributed by atoms with Crippen LogP contribution >= 0.6 is 23.4 Å². The van der Waals surface area contributed by atoms with Crippen molar-refractivity contribution < 1.29 is 4.79 Å². The summed E-state index contributed by atoms with van der Waals surface area (Å²) < 4.78 is 2.29. The molecule has 0 spiro atoms. The largest absolute Gasteiger partial charge is 0.341 e. The van der Waals surface area contributed by atoms with E-state index in [0.29, 0.717) is 10.2 Å². The summed E-state index contributed by atoms with van der Waals surface area (Å²) in [6, 6.07) is 17.8. The first-order valence-corrected chi connectivity index (χ1v) is 10.3. The number of thioether (sulfide) groups is 1. The van der Waals surface area contributed by atoms with Crippen LogP contribution in [-0.2, 0) is 11.3 Å². The highest BCUT2D eigenvalue weighted by Crippen LogP contribution is 2.31. The molecule has 2 aromatic carbocycles. The number of amides is 1. The fourth-order valence-electron chi connectivity index (χ4n) is 3.32. The van der Waals surface area contributed by atoms with E-state index in [0.717, 1.165) is 17.6 Å². The Morgan fingerprint density at radius 3 is 2.64 bits per heavy atom. The molecular formula is C21H19ClN4OS. The maximum absolute atomic E-state index is 12.6. The van der Waals surface area contributed by atoms with Crippen molar-refractivity contribution in [3.63, 3.8) is 0 Å². The summed E-state index contributed by atoms with van der Waals surface area (Å²) >= 11 is 7.10. The monoisotopic (exact) mass is 410 g/mol. The number of halogens is 1. The highest BCUT2D eigenvalue weighted by Gasteiger charge is 2.17. The molecule has 1 amide bonds. The van der Waals surface area contributed by atoms with E-state index in [2.05, 4.69) is 51.3 Å². The first kappa shape index (κ1) is 18.8. The Hall–Kier alpha value is -2.57. The average Bonchev–Trinajstić information content (AvgIpc) is 3.02. The van der Waals surface area contributed by atoms with Gasteiger partial charge in [0.05, 0.1) is 5.25 Å². The van der Waals surface area contributed by atoms with E-state index in [4.69, 9.17) is 11.6 Å². The van der Waals surface area contributed by atoms with E-state index in [9.17, 15) is 4.79 Å². The number of carbonyl (C=O) groups is 1. The summed E-state index contributed by atoms with van der Waals surface area (Å²) in [6.45, 7) is 4.88. The normalized spacial score (nSPS) is 12.4. The Morgan fingerprint density at radius 1 is 1.11 bits per heavy atom. The zero-order valence-electron chi connectivity index (χ0n) is 15.5. The number of anilines is 1. The lowest BCUT2D eigenvalue weighted by Gasteiger charge is -2.11. The second-order valence-corrected chi connectivity index (χ2v) is 8.19. The third-order valence-electron chi connectivity index (χ3n) is 4.63. The molecule has 4 aromatic rings. The van der Waals surface area contributed by atoms with Crippen molar-refractivity contribution >= 4 is 56.8 Å². The molecule has 1 atom stereocenters. The van der Waals surface area contributed by atoms with Crippen molar-refractivity contribution in [1.29, 1.82) is 0 Å². The molecule has 4 rings (SSSR count). The molecule has 0 saturated carbocycles. The Balaban J connectivity index is 1.58. The van der Waals surface area contributed by atoms with Crippen molar-refractivity contribution in [3.05, 3.63) is 59.8 Å². The van der Waals surface area contributed by atoms with Gasteiger partial charge in [0.15, 0.2) is 5.15 Å². The Kier molecular flexibility index (Phi) is 5.24. The molecule has 2 heterocycles. The van der Waals surface area contributed by atoms with Crippen LogP contribution in [-0.4, -0.2) is 25.9 Å². The number of nitrogens with one attached hydrogen (secondary N) is 1. The van der Waals surface area contributed by atoms with Crippen LogP contribution in [0.5, 0.6) is 0 Å². The van der Waals surface area contributed by atoms with Crippen LogP contribution in [0.2, 0.25) is 5.15 Å². The first-order valence-electron chi connectivity index (χ1n) is 9.04. The maximum Gasteiger partial charge on any atom is 0.237 e. The van der Waals surface area contributed by atoms with E-state index >= 15 is 0 Å². The molecule has 1 unspecified atom stereocenters. The summed E-state index contributed by atoms with van der Waals surface area (Å²) in [4.78, 5) is 12.6. The highest BCUT2D eigenvalue weighted by atomic mass is 35.5. The molecular weight excluding hydrogens is 392 g/mol. The number of carbonyl (C=O) groups excluding carboxylic acids is 1. The summed E-state index contributed by atoms with van der Waals surface area (Å²) in [5.41, 5.74) is 3.15. The number of hydrogen-bond acceptors (Lipinski definition) is 4. The number of para-hydroxylation sites is 1. The van der Waals surface area contributed by atoms with Gasteiger partial charge in [-0.15, -0.1) is 10.2 Å². The van der Waals surface area contributed by atoms with Crippen LogP contribution in [0.1, 0.15) is 13.8 Å². The van der Waals surface area contributed by atoms with E-state index < -0.39 is 0 Å². The smallest absolute Gasteiger partial charge is 0.237 e. The van der Waals surface area contributed by atoms with Gasteiger partial charge in [0, 0.05) is 34.0 Å². The average molecular weight is 411 g/mol. The SMILES string of the molecule is CCn1c2ccccc2c2cc(NC(=O)C(C)Sc3ccc(Cl)nn3)ccc21. The lowest BCUT2D eigenvalue weighted by Crippen LogP contribution is -2.22. The van der Waals surface area contributed by atoms with Crippen LogP contribution in [0.4, 0.5) is 5.69 Å². The molecule has 1 N–H and O–H groups in total. The number of aryl methyl sites for hydroxylation is 1. The lowest BCUT2D eigenvalue weighted by molar-refractivity contribution is -0.115. The summed E-state index contributed by atoms with van der Waals surface area (Å²) in [7, 11) is 0. The molecule has 2 aromatic heterocycles. The topological polar surface area (TPSA) is 59.8 Å². The lowest BCUT2D eigenvalue weighted by atomic mass is 10.1. The van der Waals surface area contributed by atoms with Gasteiger partial charge in [0.2, 0.25) is 5.91 Å². The number of aromatic nitrogens is 3. The van der Waals surface area contributed by atoms with Gasteiger partial charge in [-0.2, -0.15) is 0 Å². The standard InChI is InChI=1S/C21H19ClN4OS/c1-3-26-17-7-5-4-6-15(17)16-12-14(8-9-18(16)26)23-21(27)13(2)28-20-11-10-19(22)24-25-20/h4-13H,3H2,1-2H3,(H,23,27). The van der Waals surface area contributed by atoms with E-state index in [1.54, 1.807) is 12.1 Å².